The Morgan fingerprint density at radius 2 is 2.12 bits per heavy atom. The molecule has 0 saturated heterocycles. The molecule has 0 heterocycles. The van der Waals surface area contributed by atoms with Crippen molar-refractivity contribution in [1.29, 1.82) is 0 Å². The molecule has 0 saturated carbocycles. The Hall–Kier alpha value is -0.530. The van der Waals surface area contributed by atoms with E-state index in [2.05, 4.69) is 38.2 Å². The molecule has 1 N–H and O–H groups in total. The highest BCUT2D eigenvalue weighted by molar-refractivity contribution is 6.31. The number of hydrogen-bond acceptors (Lipinski definition) is 1. The lowest BCUT2D eigenvalue weighted by molar-refractivity contribution is 0.512. The average Bonchev–Trinajstić information content (AvgIpc) is 2.22. The molecular formula is C14H22ClN. The molecule has 1 atom stereocenters. The second-order valence-corrected chi connectivity index (χ2v) is 4.85. The molecule has 1 unspecified atom stereocenters. The highest BCUT2D eigenvalue weighted by Gasteiger charge is 2.03. The van der Waals surface area contributed by atoms with Crippen LogP contribution < -0.4 is 5.32 Å². The van der Waals surface area contributed by atoms with Crippen LogP contribution in [-0.2, 0) is 6.42 Å². The van der Waals surface area contributed by atoms with Gasteiger partial charge in [-0.1, -0.05) is 30.7 Å². The number of halogens is 1. The van der Waals surface area contributed by atoms with Crippen molar-refractivity contribution >= 4 is 11.6 Å². The third kappa shape index (κ3) is 4.54. The maximum atomic E-state index is 6.19. The normalized spacial score (nSPS) is 12.8. The lowest BCUT2D eigenvalue weighted by Gasteiger charge is -2.12. The van der Waals surface area contributed by atoms with Crippen molar-refractivity contribution in [2.24, 2.45) is 0 Å². The van der Waals surface area contributed by atoms with Gasteiger partial charge in [-0.05, 0) is 56.8 Å². The Kier molecular flexibility index (Phi) is 5.86. The van der Waals surface area contributed by atoms with Crippen molar-refractivity contribution in [2.75, 3.05) is 6.54 Å². The average molecular weight is 240 g/mol. The van der Waals surface area contributed by atoms with E-state index in [0.29, 0.717) is 6.04 Å². The van der Waals surface area contributed by atoms with Crippen molar-refractivity contribution in [3.8, 4) is 0 Å². The van der Waals surface area contributed by atoms with Gasteiger partial charge in [-0.25, -0.2) is 0 Å². The smallest absolute Gasteiger partial charge is 0.0440 e. The molecule has 1 nitrogen and oxygen atoms in total. The predicted octanol–water partition coefficient (Wildman–Crippen LogP) is 3.97. The summed E-state index contributed by atoms with van der Waals surface area (Å²) in [4.78, 5) is 0. The summed E-state index contributed by atoms with van der Waals surface area (Å²) < 4.78 is 0. The fourth-order valence-electron chi connectivity index (χ4n) is 1.90. The van der Waals surface area contributed by atoms with E-state index in [-0.39, 0.29) is 0 Å². The van der Waals surface area contributed by atoms with Gasteiger partial charge in [0.1, 0.15) is 0 Å². The van der Waals surface area contributed by atoms with Gasteiger partial charge < -0.3 is 5.32 Å². The van der Waals surface area contributed by atoms with Crippen LogP contribution in [0.2, 0.25) is 5.02 Å². The zero-order chi connectivity index (χ0) is 12.0. The summed E-state index contributed by atoms with van der Waals surface area (Å²) in [5.41, 5.74) is 2.51. The summed E-state index contributed by atoms with van der Waals surface area (Å²) in [6, 6.07) is 6.93. The topological polar surface area (TPSA) is 12.0 Å². The highest BCUT2D eigenvalue weighted by Crippen LogP contribution is 2.19. The van der Waals surface area contributed by atoms with Crippen molar-refractivity contribution < 1.29 is 0 Å². The quantitative estimate of drug-likeness (QED) is 0.792. The Bertz CT molecular complexity index is 323. The first-order valence-corrected chi connectivity index (χ1v) is 6.49. The lowest BCUT2D eigenvalue weighted by atomic mass is 10.0. The predicted molar refractivity (Wildman–Crippen MR) is 72.3 cm³/mol. The number of benzene rings is 1. The van der Waals surface area contributed by atoms with Crippen LogP contribution in [0.1, 0.15) is 37.8 Å². The largest absolute Gasteiger partial charge is 0.315 e. The van der Waals surface area contributed by atoms with Gasteiger partial charge in [0.15, 0.2) is 0 Å². The van der Waals surface area contributed by atoms with Crippen LogP contribution in [0.5, 0.6) is 0 Å². The van der Waals surface area contributed by atoms with Crippen molar-refractivity contribution in [1.82, 2.24) is 5.32 Å². The molecule has 0 aromatic heterocycles. The summed E-state index contributed by atoms with van der Waals surface area (Å²) in [5.74, 6) is 0. The van der Waals surface area contributed by atoms with E-state index < -0.39 is 0 Å². The Balaban J connectivity index is 2.37. The van der Waals surface area contributed by atoms with Crippen LogP contribution in [0, 0.1) is 6.92 Å². The molecule has 0 spiro atoms. The van der Waals surface area contributed by atoms with Crippen LogP contribution in [0.15, 0.2) is 18.2 Å². The molecule has 0 bridgehead atoms. The molecule has 0 fully saturated rings. The molecule has 2 heteroatoms. The minimum absolute atomic E-state index is 0.606. The third-order valence-electron chi connectivity index (χ3n) is 2.84. The van der Waals surface area contributed by atoms with Crippen LogP contribution >= 0.6 is 11.6 Å². The zero-order valence-electron chi connectivity index (χ0n) is 10.5. The molecular weight excluding hydrogens is 218 g/mol. The van der Waals surface area contributed by atoms with Gasteiger partial charge in [0, 0.05) is 11.1 Å². The van der Waals surface area contributed by atoms with E-state index >= 15 is 0 Å². The summed E-state index contributed by atoms with van der Waals surface area (Å²) in [6.07, 6.45) is 3.48. The molecule has 90 valence electrons. The molecule has 0 aliphatic heterocycles. The first kappa shape index (κ1) is 13.5. The monoisotopic (exact) mass is 239 g/mol. The molecule has 1 aromatic rings. The SMILES string of the molecule is CCNC(C)CCCc1ccc(C)cc1Cl. The summed E-state index contributed by atoms with van der Waals surface area (Å²) in [6.45, 7) is 7.50. The van der Waals surface area contributed by atoms with E-state index in [1.54, 1.807) is 0 Å². The molecule has 0 aliphatic carbocycles. The van der Waals surface area contributed by atoms with E-state index in [0.717, 1.165) is 18.0 Å². The van der Waals surface area contributed by atoms with Crippen LogP contribution in [0.3, 0.4) is 0 Å². The fourth-order valence-corrected chi connectivity index (χ4v) is 2.23. The maximum Gasteiger partial charge on any atom is 0.0440 e. The number of rotatable bonds is 6. The molecule has 0 aliphatic rings. The number of aryl methyl sites for hydroxylation is 2. The fraction of sp³-hybridized carbons (Fsp3) is 0.571. The van der Waals surface area contributed by atoms with E-state index in [9.17, 15) is 0 Å². The Morgan fingerprint density at radius 1 is 1.38 bits per heavy atom. The van der Waals surface area contributed by atoms with Gasteiger partial charge in [-0.3, -0.25) is 0 Å². The Morgan fingerprint density at radius 3 is 2.75 bits per heavy atom. The summed E-state index contributed by atoms with van der Waals surface area (Å²) >= 11 is 6.19. The molecule has 1 aromatic carbocycles. The van der Waals surface area contributed by atoms with Gasteiger partial charge >= 0.3 is 0 Å². The van der Waals surface area contributed by atoms with Gasteiger partial charge in [0.05, 0.1) is 0 Å². The van der Waals surface area contributed by atoms with Crippen LogP contribution in [0.25, 0.3) is 0 Å². The standard InChI is InChI=1S/C14H22ClN/c1-4-16-12(3)6-5-7-13-9-8-11(2)10-14(13)15/h8-10,12,16H,4-7H2,1-3H3. The molecule has 0 amide bonds. The van der Waals surface area contributed by atoms with E-state index in [1.807, 2.05) is 6.07 Å². The van der Waals surface area contributed by atoms with Gasteiger partial charge in [-0.2, -0.15) is 0 Å². The van der Waals surface area contributed by atoms with Gasteiger partial charge in [0.2, 0.25) is 0 Å². The minimum Gasteiger partial charge on any atom is -0.315 e. The van der Waals surface area contributed by atoms with Crippen molar-refractivity contribution in [3.05, 3.63) is 34.3 Å². The van der Waals surface area contributed by atoms with Crippen molar-refractivity contribution in [2.45, 2.75) is 46.1 Å². The summed E-state index contributed by atoms with van der Waals surface area (Å²) in [7, 11) is 0. The second kappa shape index (κ2) is 6.93. The number of nitrogens with one attached hydrogen (secondary N) is 1. The molecule has 16 heavy (non-hydrogen) atoms. The zero-order valence-corrected chi connectivity index (χ0v) is 11.3. The second-order valence-electron chi connectivity index (χ2n) is 4.45. The minimum atomic E-state index is 0.606. The summed E-state index contributed by atoms with van der Waals surface area (Å²) in [5, 5.41) is 4.34. The van der Waals surface area contributed by atoms with Gasteiger partial charge in [0.25, 0.3) is 0 Å². The van der Waals surface area contributed by atoms with Crippen molar-refractivity contribution in [3.63, 3.8) is 0 Å². The lowest BCUT2D eigenvalue weighted by Crippen LogP contribution is -2.25. The van der Waals surface area contributed by atoms with Gasteiger partial charge in [-0.15, -0.1) is 0 Å². The highest BCUT2D eigenvalue weighted by atomic mass is 35.5. The van der Waals surface area contributed by atoms with Crippen LogP contribution in [0.4, 0.5) is 0 Å². The Labute approximate surface area is 104 Å². The van der Waals surface area contributed by atoms with E-state index in [1.165, 1.54) is 24.0 Å². The molecule has 0 radical (unpaired) electrons. The molecule has 1 rings (SSSR count). The van der Waals surface area contributed by atoms with Crippen LogP contribution in [-0.4, -0.2) is 12.6 Å². The first-order chi connectivity index (χ1) is 7.63. The maximum absolute atomic E-state index is 6.19. The first-order valence-electron chi connectivity index (χ1n) is 6.12. The van der Waals surface area contributed by atoms with E-state index in [4.69, 9.17) is 11.6 Å². The number of hydrogen-bond donors (Lipinski definition) is 1. The third-order valence-corrected chi connectivity index (χ3v) is 3.20.